The van der Waals surface area contributed by atoms with Crippen molar-refractivity contribution in [2.45, 2.75) is 44.7 Å². The highest BCUT2D eigenvalue weighted by Gasteiger charge is 2.38. The largest absolute Gasteiger partial charge is 0.297 e. The van der Waals surface area contributed by atoms with Crippen LogP contribution in [0.1, 0.15) is 44.2 Å². The fraction of sp³-hybridized carbons (Fsp3) is 0.684. The molecule has 2 heterocycles. The van der Waals surface area contributed by atoms with Crippen molar-refractivity contribution in [3.05, 3.63) is 35.9 Å². The van der Waals surface area contributed by atoms with Gasteiger partial charge in [-0.2, -0.15) is 0 Å². The number of nitrogens with zero attached hydrogens (tertiary/aromatic N) is 2. The van der Waals surface area contributed by atoms with E-state index >= 15 is 0 Å². The normalized spacial score (nSPS) is 32.0. The van der Waals surface area contributed by atoms with Gasteiger partial charge in [0.25, 0.3) is 0 Å². The predicted octanol–water partition coefficient (Wildman–Crippen LogP) is 3.55. The Morgan fingerprint density at radius 3 is 2.67 bits per heavy atom. The fourth-order valence-corrected chi connectivity index (χ4v) is 4.46. The van der Waals surface area contributed by atoms with Crippen LogP contribution in [0.2, 0.25) is 0 Å². The first-order valence-electron chi connectivity index (χ1n) is 8.84. The summed E-state index contributed by atoms with van der Waals surface area (Å²) in [6.07, 6.45) is 5.76. The van der Waals surface area contributed by atoms with E-state index < -0.39 is 0 Å². The van der Waals surface area contributed by atoms with Gasteiger partial charge in [-0.25, -0.2) is 0 Å². The van der Waals surface area contributed by atoms with Crippen molar-refractivity contribution in [1.82, 2.24) is 9.80 Å². The average molecular weight is 284 g/mol. The Morgan fingerprint density at radius 1 is 1.10 bits per heavy atom. The zero-order valence-corrected chi connectivity index (χ0v) is 13.2. The van der Waals surface area contributed by atoms with Gasteiger partial charge in [0.2, 0.25) is 0 Å². The summed E-state index contributed by atoms with van der Waals surface area (Å²) in [7, 11) is 0. The Balaban J connectivity index is 1.54. The molecule has 1 saturated carbocycles. The highest BCUT2D eigenvalue weighted by molar-refractivity contribution is 5.20. The molecule has 1 aromatic carbocycles. The molecule has 0 amide bonds. The molecule has 2 heteroatoms. The molecule has 4 rings (SSSR count). The van der Waals surface area contributed by atoms with Crippen LogP contribution in [-0.2, 0) is 0 Å². The molecule has 0 N–H and O–H groups in total. The average Bonchev–Trinajstić information content (AvgIpc) is 3.27. The summed E-state index contributed by atoms with van der Waals surface area (Å²) < 4.78 is 0. The topological polar surface area (TPSA) is 6.48 Å². The summed E-state index contributed by atoms with van der Waals surface area (Å²) in [6.45, 7) is 7.62. The number of piperazine rings is 1. The van der Waals surface area contributed by atoms with E-state index in [1.54, 1.807) is 0 Å². The smallest absolute Gasteiger partial charge is 0.0476 e. The third kappa shape index (κ3) is 2.89. The maximum absolute atomic E-state index is 2.81. The molecule has 2 aliphatic heterocycles. The Bertz CT molecular complexity index is 466. The highest BCUT2D eigenvalue weighted by atomic mass is 15.3. The Morgan fingerprint density at radius 2 is 1.90 bits per heavy atom. The number of hydrogen-bond acceptors (Lipinski definition) is 2. The highest BCUT2D eigenvalue weighted by Crippen LogP contribution is 2.39. The first-order chi connectivity index (χ1) is 10.3. The SMILES string of the molecule is CC(CN1CC2CCCN2CC1c1ccccc1)C1CC1. The second-order valence-corrected chi connectivity index (χ2v) is 7.49. The number of hydrogen-bond donors (Lipinski definition) is 0. The lowest BCUT2D eigenvalue weighted by Crippen LogP contribution is -2.52. The lowest BCUT2D eigenvalue weighted by Gasteiger charge is -2.45. The van der Waals surface area contributed by atoms with Crippen LogP contribution in [0.3, 0.4) is 0 Å². The minimum Gasteiger partial charge on any atom is -0.297 e. The fourth-order valence-electron chi connectivity index (χ4n) is 4.46. The van der Waals surface area contributed by atoms with Crippen LogP contribution >= 0.6 is 0 Å². The van der Waals surface area contributed by atoms with Crippen molar-refractivity contribution in [3.63, 3.8) is 0 Å². The molecule has 3 atom stereocenters. The summed E-state index contributed by atoms with van der Waals surface area (Å²) in [5.74, 6) is 1.90. The van der Waals surface area contributed by atoms with Gasteiger partial charge in [-0.05, 0) is 49.6 Å². The molecule has 2 saturated heterocycles. The lowest BCUT2D eigenvalue weighted by atomic mass is 9.97. The molecule has 2 nitrogen and oxygen atoms in total. The van der Waals surface area contributed by atoms with E-state index in [2.05, 4.69) is 47.1 Å². The molecule has 3 aliphatic rings. The van der Waals surface area contributed by atoms with Crippen LogP contribution in [0.15, 0.2) is 30.3 Å². The number of benzene rings is 1. The summed E-state index contributed by atoms with van der Waals surface area (Å²) in [5, 5.41) is 0. The molecule has 1 aromatic rings. The van der Waals surface area contributed by atoms with Crippen molar-refractivity contribution >= 4 is 0 Å². The molecule has 21 heavy (non-hydrogen) atoms. The molecule has 0 radical (unpaired) electrons. The molecule has 0 aromatic heterocycles. The van der Waals surface area contributed by atoms with E-state index in [1.165, 1.54) is 57.4 Å². The van der Waals surface area contributed by atoms with Crippen LogP contribution in [0.5, 0.6) is 0 Å². The molecule has 3 fully saturated rings. The van der Waals surface area contributed by atoms with Crippen LogP contribution in [0, 0.1) is 11.8 Å². The zero-order chi connectivity index (χ0) is 14.2. The van der Waals surface area contributed by atoms with Crippen LogP contribution < -0.4 is 0 Å². The van der Waals surface area contributed by atoms with Crippen LogP contribution in [0.4, 0.5) is 0 Å². The van der Waals surface area contributed by atoms with Gasteiger partial charge in [-0.3, -0.25) is 9.80 Å². The number of fused-ring (bicyclic) bond motifs is 1. The predicted molar refractivity (Wildman–Crippen MR) is 87.2 cm³/mol. The minimum atomic E-state index is 0.613. The van der Waals surface area contributed by atoms with E-state index in [9.17, 15) is 0 Å². The van der Waals surface area contributed by atoms with E-state index in [-0.39, 0.29) is 0 Å². The van der Waals surface area contributed by atoms with E-state index in [0.29, 0.717) is 6.04 Å². The van der Waals surface area contributed by atoms with Gasteiger partial charge in [0.05, 0.1) is 0 Å². The maximum Gasteiger partial charge on any atom is 0.0476 e. The van der Waals surface area contributed by atoms with Crippen molar-refractivity contribution in [3.8, 4) is 0 Å². The second-order valence-electron chi connectivity index (χ2n) is 7.49. The molecule has 3 unspecified atom stereocenters. The van der Waals surface area contributed by atoms with Crippen LogP contribution in [-0.4, -0.2) is 42.0 Å². The molecule has 1 aliphatic carbocycles. The molecular formula is C19H28N2. The quantitative estimate of drug-likeness (QED) is 0.834. The lowest BCUT2D eigenvalue weighted by molar-refractivity contribution is 0.0387. The Labute approximate surface area is 129 Å². The van der Waals surface area contributed by atoms with Gasteiger partial charge >= 0.3 is 0 Å². The Kier molecular flexibility index (Phi) is 3.76. The first kappa shape index (κ1) is 13.8. The van der Waals surface area contributed by atoms with Gasteiger partial charge in [-0.15, -0.1) is 0 Å². The van der Waals surface area contributed by atoms with E-state index in [1.807, 2.05) is 0 Å². The summed E-state index contributed by atoms with van der Waals surface area (Å²) in [5.41, 5.74) is 1.52. The van der Waals surface area contributed by atoms with Gasteiger partial charge in [-0.1, -0.05) is 37.3 Å². The third-order valence-corrected chi connectivity index (χ3v) is 5.93. The summed E-state index contributed by atoms with van der Waals surface area (Å²) in [6, 6.07) is 12.6. The molecule has 0 bridgehead atoms. The van der Waals surface area contributed by atoms with Gasteiger partial charge in [0.15, 0.2) is 0 Å². The van der Waals surface area contributed by atoms with Gasteiger partial charge in [0, 0.05) is 31.7 Å². The molecule has 0 spiro atoms. The first-order valence-corrected chi connectivity index (χ1v) is 8.84. The van der Waals surface area contributed by atoms with Crippen LogP contribution in [0.25, 0.3) is 0 Å². The monoisotopic (exact) mass is 284 g/mol. The summed E-state index contributed by atoms with van der Waals surface area (Å²) >= 11 is 0. The van der Waals surface area contributed by atoms with Crippen molar-refractivity contribution in [2.75, 3.05) is 26.2 Å². The van der Waals surface area contributed by atoms with Crippen molar-refractivity contribution in [2.24, 2.45) is 11.8 Å². The van der Waals surface area contributed by atoms with Crippen molar-refractivity contribution in [1.29, 1.82) is 0 Å². The zero-order valence-electron chi connectivity index (χ0n) is 13.2. The minimum absolute atomic E-state index is 0.613. The third-order valence-electron chi connectivity index (χ3n) is 5.93. The Hall–Kier alpha value is -0.860. The van der Waals surface area contributed by atoms with Gasteiger partial charge in [0.1, 0.15) is 0 Å². The number of rotatable bonds is 4. The maximum atomic E-state index is 2.81. The molecular weight excluding hydrogens is 256 g/mol. The van der Waals surface area contributed by atoms with Crippen molar-refractivity contribution < 1.29 is 0 Å². The van der Waals surface area contributed by atoms with E-state index in [4.69, 9.17) is 0 Å². The van der Waals surface area contributed by atoms with Gasteiger partial charge < -0.3 is 0 Å². The standard InChI is InChI=1S/C19H28N2/c1-15(16-9-10-16)12-21-13-18-8-5-11-20(18)14-19(21)17-6-3-2-4-7-17/h2-4,6-7,15-16,18-19H,5,8-14H2,1H3. The summed E-state index contributed by atoms with van der Waals surface area (Å²) in [4.78, 5) is 5.56. The second kappa shape index (κ2) is 5.73. The van der Waals surface area contributed by atoms with E-state index in [0.717, 1.165) is 17.9 Å². The molecule has 114 valence electrons.